The first kappa shape index (κ1) is 24.2. The lowest BCUT2D eigenvalue weighted by molar-refractivity contribution is -0.143. The number of benzene rings is 2. The summed E-state index contributed by atoms with van der Waals surface area (Å²) >= 11 is 2.22. The van der Waals surface area contributed by atoms with Crippen LogP contribution in [0, 0.1) is 10.5 Å². The van der Waals surface area contributed by atoms with Crippen LogP contribution in [0.4, 0.5) is 0 Å². The van der Waals surface area contributed by atoms with Gasteiger partial charge >= 0.3 is 0 Å². The normalized spacial score (nSPS) is 12.7. The van der Waals surface area contributed by atoms with Gasteiger partial charge in [0.2, 0.25) is 5.91 Å². The third-order valence-corrected chi connectivity index (χ3v) is 5.88. The second-order valence-corrected chi connectivity index (χ2v) is 8.68. The van der Waals surface area contributed by atoms with Crippen LogP contribution in [0.1, 0.15) is 44.7 Å². The molecular formula is C24H31IN2O3. The summed E-state index contributed by atoms with van der Waals surface area (Å²) in [6.07, 6.45) is 1.37. The van der Waals surface area contributed by atoms with E-state index in [1.807, 2.05) is 76.2 Å². The summed E-state index contributed by atoms with van der Waals surface area (Å²) in [4.78, 5) is 27.8. The van der Waals surface area contributed by atoms with Gasteiger partial charge in [0.05, 0.1) is 0 Å². The molecule has 0 bridgehead atoms. The first-order valence-electron chi connectivity index (χ1n) is 10.4. The second kappa shape index (κ2) is 11.9. The largest absolute Gasteiger partial charge is 0.484 e. The van der Waals surface area contributed by atoms with Crippen molar-refractivity contribution in [3.63, 3.8) is 0 Å². The number of amides is 2. The van der Waals surface area contributed by atoms with Gasteiger partial charge in [-0.1, -0.05) is 38.1 Å². The van der Waals surface area contributed by atoms with Crippen LogP contribution >= 0.6 is 22.6 Å². The van der Waals surface area contributed by atoms with Crippen molar-refractivity contribution in [2.45, 2.75) is 59.2 Å². The first-order valence-corrected chi connectivity index (χ1v) is 11.5. The molecule has 2 atom stereocenters. The molecule has 2 amide bonds. The first-order chi connectivity index (χ1) is 14.3. The molecule has 0 spiro atoms. The highest BCUT2D eigenvalue weighted by molar-refractivity contribution is 14.1. The Morgan fingerprint density at radius 3 is 2.33 bits per heavy atom. The number of hydrogen-bond acceptors (Lipinski definition) is 3. The Bertz CT molecular complexity index is 839. The number of ether oxygens (including phenoxy) is 1. The number of hydrogen-bond donors (Lipinski definition) is 1. The molecule has 5 nitrogen and oxygen atoms in total. The molecule has 2 aromatic carbocycles. The number of carbonyl (C=O) groups is 2. The van der Waals surface area contributed by atoms with Gasteiger partial charge in [0, 0.05) is 16.2 Å². The fraction of sp³-hybridized carbons (Fsp3) is 0.417. The van der Waals surface area contributed by atoms with E-state index in [-0.39, 0.29) is 24.5 Å². The summed E-state index contributed by atoms with van der Waals surface area (Å²) in [6, 6.07) is 15.0. The van der Waals surface area contributed by atoms with Crippen LogP contribution in [-0.4, -0.2) is 35.4 Å². The molecule has 0 heterocycles. The van der Waals surface area contributed by atoms with Crippen LogP contribution < -0.4 is 10.1 Å². The van der Waals surface area contributed by atoms with Gasteiger partial charge in [-0.05, 0) is 84.7 Å². The lowest BCUT2D eigenvalue weighted by Gasteiger charge is -2.31. The third kappa shape index (κ3) is 7.00. The Morgan fingerprint density at radius 2 is 1.73 bits per heavy atom. The zero-order valence-electron chi connectivity index (χ0n) is 18.2. The van der Waals surface area contributed by atoms with E-state index >= 15 is 0 Å². The van der Waals surface area contributed by atoms with Crippen LogP contribution in [-0.2, 0) is 16.1 Å². The summed E-state index contributed by atoms with van der Waals surface area (Å²) in [6.45, 7) is 8.20. The Balaban J connectivity index is 2.21. The van der Waals surface area contributed by atoms with E-state index in [4.69, 9.17) is 4.74 Å². The van der Waals surface area contributed by atoms with Gasteiger partial charge < -0.3 is 15.0 Å². The summed E-state index contributed by atoms with van der Waals surface area (Å²) in [7, 11) is 0. The molecule has 2 aromatic rings. The van der Waals surface area contributed by atoms with Crippen molar-refractivity contribution in [3.8, 4) is 5.75 Å². The smallest absolute Gasteiger partial charge is 0.261 e. The Morgan fingerprint density at radius 1 is 1.07 bits per heavy atom. The molecule has 0 aliphatic heterocycles. The average molecular weight is 522 g/mol. The maximum absolute atomic E-state index is 13.2. The van der Waals surface area contributed by atoms with Gasteiger partial charge in [0.25, 0.3) is 5.91 Å². The summed E-state index contributed by atoms with van der Waals surface area (Å²) < 4.78 is 6.82. The molecule has 0 aliphatic carbocycles. The SMILES string of the molecule is CC[C@@H](C)NC(=O)[C@H](CC)N(Cc1ccccc1C)C(=O)COc1ccc(I)cc1. The number of rotatable bonds is 10. The van der Waals surface area contributed by atoms with Crippen LogP contribution in [0.5, 0.6) is 5.75 Å². The Hall–Kier alpha value is -2.09. The van der Waals surface area contributed by atoms with Crippen molar-refractivity contribution < 1.29 is 14.3 Å². The van der Waals surface area contributed by atoms with E-state index in [0.717, 1.165) is 21.1 Å². The number of aryl methyl sites for hydroxylation is 1. The summed E-state index contributed by atoms with van der Waals surface area (Å²) in [5.41, 5.74) is 2.11. The maximum atomic E-state index is 13.2. The van der Waals surface area contributed by atoms with Crippen molar-refractivity contribution in [1.82, 2.24) is 10.2 Å². The van der Waals surface area contributed by atoms with Crippen LogP contribution in [0.15, 0.2) is 48.5 Å². The van der Waals surface area contributed by atoms with Gasteiger partial charge in [0.1, 0.15) is 11.8 Å². The number of halogens is 1. The molecule has 0 radical (unpaired) electrons. The van der Waals surface area contributed by atoms with Gasteiger partial charge in [-0.2, -0.15) is 0 Å². The van der Waals surface area contributed by atoms with E-state index in [1.54, 1.807) is 4.90 Å². The standard InChI is InChI=1S/C24H31IN2O3/c1-5-18(4)26-24(29)22(6-2)27(15-19-10-8-7-9-17(19)3)23(28)16-30-21-13-11-20(25)12-14-21/h7-14,18,22H,5-6,15-16H2,1-4H3,(H,26,29)/t18-,22+/m1/s1. The fourth-order valence-corrected chi connectivity index (χ4v) is 3.45. The van der Waals surface area contributed by atoms with Crippen molar-refractivity contribution >= 4 is 34.4 Å². The Kier molecular flexibility index (Phi) is 9.62. The zero-order chi connectivity index (χ0) is 22.1. The van der Waals surface area contributed by atoms with E-state index in [9.17, 15) is 9.59 Å². The molecular weight excluding hydrogens is 491 g/mol. The lowest BCUT2D eigenvalue weighted by Crippen LogP contribution is -2.51. The minimum Gasteiger partial charge on any atom is -0.484 e. The molecule has 6 heteroatoms. The molecule has 0 aromatic heterocycles. The van der Waals surface area contributed by atoms with Crippen LogP contribution in [0.3, 0.4) is 0 Å². The van der Waals surface area contributed by atoms with E-state index in [0.29, 0.717) is 18.7 Å². The van der Waals surface area contributed by atoms with Crippen LogP contribution in [0.25, 0.3) is 0 Å². The molecule has 0 unspecified atom stereocenters. The molecule has 2 rings (SSSR count). The highest BCUT2D eigenvalue weighted by Gasteiger charge is 2.29. The second-order valence-electron chi connectivity index (χ2n) is 7.43. The third-order valence-electron chi connectivity index (χ3n) is 5.16. The summed E-state index contributed by atoms with van der Waals surface area (Å²) in [5, 5.41) is 3.02. The van der Waals surface area contributed by atoms with Gasteiger partial charge in [-0.15, -0.1) is 0 Å². The molecule has 1 N–H and O–H groups in total. The predicted molar refractivity (Wildman–Crippen MR) is 128 cm³/mol. The quantitative estimate of drug-likeness (QED) is 0.461. The Labute approximate surface area is 193 Å². The summed E-state index contributed by atoms with van der Waals surface area (Å²) in [5.74, 6) is 0.308. The molecule has 0 fully saturated rings. The minimum atomic E-state index is -0.550. The topological polar surface area (TPSA) is 58.6 Å². The van der Waals surface area contributed by atoms with Gasteiger partial charge in [-0.25, -0.2) is 0 Å². The zero-order valence-corrected chi connectivity index (χ0v) is 20.3. The van der Waals surface area contributed by atoms with E-state index in [2.05, 4.69) is 27.9 Å². The maximum Gasteiger partial charge on any atom is 0.261 e. The van der Waals surface area contributed by atoms with Crippen molar-refractivity contribution in [3.05, 3.63) is 63.2 Å². The molecule has 0 aliphatic rings. The van der Waals surface area contributed by atoms with E-state index < -0.39 is 6.04 Å². The number of carbonyl (C=O) groups excluding carboxylic acids is 2. The molecule has 0 saturated carbocycles. The lowest BCUT2D eigenvalue weighted by atomic mass is 10.1. The van der Waals surface area contributed by atoms with Crippen molar-refractivity contribution in [1.29, 1.82) is 0 Å². The molecule has 0 saturated heterocycles. The highest BCUT2D eigenvalue weighted by Crippen LogP contribution is 2.17. The van der Waals surface area contributed by atoms with E-state index in [1.165, 1.54) is 0 Å². The highest BCUT2D eigenvalue weighted by atomic mass is 127. The fourth-order valence-electron chi connectivity index (χ4n) is 3.09. The van der Waals surface area contributed by atoms with Crippen LogP contribution in [0.2, 0.25) is 0 Å². The van der Waals surface area contributed by atoms with Crippen molar-refractivity contribution in [2.24, 2.45) is 0 Å². The number of nitrogens with one attached hydrogen (secondary N) is 1. The molecule has 162 valence electrons. The predicted octanol–water partition coefficient (Wildman–Crippen LogP) is 4.70. The molecule has 30 heavy (non-hydrogen) atoms. The minimum absolute atomic E-state index is 0.0602. The van der Waals surface area contributed by atoms with Gasteiger partial charge in [0.15, 0.2) is 6.61 Å². The number of nitrogens with zero attached hydrogens (tertiary/aromatic N) is 1. The average Bonchev–Trinajstić information content (AvgIpc) is 2.74. The van der Waals surface area contributed by atoms with Gasteiger partial charge in [-0.3, -0.25) is 9.59 Å². The van der Waals surface area contributed by atoms with Crippen molar-refractivity contribution in [2.75, 3.05) is 6.61 Å². The monoisotopic (exact) mass is 522 g/mol.